The summed E-state index contributed by atoms with van der Waals surface area (Å²) in [6.45, 7) is 1.79. The highest BCUT2D eigenvalue weighted by Gasteiger charge is 2.10. The molecule has 1 aromatic heterocycles. The molecule has 0 aliphatic heterocycles. The van der Waals surface area contributed by atoms with Crippen molar-refractivity contribution in [3.63, 3.8) is 0 Å². The zero-order valence-electron chi connectivity index (χ0n) is 7.14. The third kappa shape index (κ3) is 2.60. The van der Waals surface area contributed by atoms with E-state index < -0.39 is 6.10 Å². The van der Waals surface area contributed by atoms with Crippen LogP contribution in [-0.2, 0) is 6.42 Å². The maximum atomic E-state index is 9.41. The molecule has 1 aromatic rings. The Morgan fingerprint density at radius 3 is 2.83 bits per heavy atom. The molecule has 0 aromatic carbocycles. The van der Waals surface area contributed by atoms with Crippen LogP contribution in [0, 0.1) is 0 Å². The monoisotopic (exact) mass is 166 g/mol. The Kier molecular flexibility index (Phi) is 3.19. The van der Waals surface area contributed by atoms with E-state index >= 15 is 0 Å². The van der Waals surface area contributed by atoms with E-state index in [9.17, 15) is 5.11 Å². The van der Waals surface area contributed by atoms with Gasteiger partial charge in [-0.15, -0.1) is 0 Å². The third-order valence-electron chi connectivity index (χ3n) is 1.75. The maximum absolute atomic E-state index is 9.41. The summed E-state index contributed by atoms with van der Waals surface area (Å²) in [4.78, 5) is 4.09. The van der Waals surface area contributed by atoms with E-state index in [1.165, 1.54) is 0 Å². The second-order valence-corrected chi connectivity index (χ2v) is 2.95. The van der Waals surface area contributed by atoms with E-state index in [0.717, 1.165) is 5.69 Å². The minimum absolute atomic E-state index is 0.202. The molecule has 0 spiro atoms. The molecule has 0 aliphatic carbocycles. The first-order chi connectivity index (χ1) is 5.70. The molecule has 12 heavy (non-hydrogen) atoms. The van der Waals surface area contributed by atoms with Gasteiger partial charge in [0.05, 0.1) is 6.10 Å². The number of aliphatic hydroxyl groups excluding tert-OH is 1. The summed E-state index contributed by atoms with van der Waals surface area (Å²) in [6, 6.07) is 5.43. The minimum atomic E-state index is -0.500. The number of nitrogens with zero attached hydrogens (tertiary/aromatic N) is 1. The van der Waals surface area contributed by atoms with E-state index in [2.05, 4.69) is 4.98 Å². The second-order valence-electron chi connectivity index (χ2n) is 2.95. The summed E-state index contributed by atoms with van der Waals surface area (Å²) in [6.07, 6.45) is 1.74. The Morgan fingerprint density at radius 1 is 1.58 bits per heavy atom. The molecule has 0 amide bonds. The molecule has 0 fully saturated rings. The van der Waals surface area contributed by atoms with Gasteiger partial charge in [-0.2, -0.15) is 0 Å². The molecule has 0 saturated heterocycles. The fourth-order valence-electron chi connectivity index (χ4n) is 0.919. The van der Waals surface area contributed by atoms with E-state index in [-0.39, 0.29) is 6.04 Å². The fourth-order valence-corrected chi connectivity index (χ4v) is 0.919. The molecular weight excluding hydrogens is 152 g/mol. The van der Waals surface area contributed by atoms with Crippen molar-refractivity contribution < 1.29 is 5.11 Å². The van der Waals surface area contributed by atoms with Crippen LogP contribution in [0.1, 0.15) is 12.6 Å². The summed E-state index contributed by atoms with van der Waals surface area (Å²) >= 11 is 0. The minimum Gasteiger partial charge on any atom is -0.391 e. The van der Waals surface area contributed by atoms with Crippen LogP contribution in [0.2, 0.25) is 0 Å². The summed E-state index contributed by atoms with van der Waals surface area (Å²) in [7, 11) is 0. The van der Waals surface area contributed by atoms with E-state index in [1.54, 1.807) is 13.1 Å². The molecule has 1 unspecified atom stereocenters. The van der Waals surface area contributed by atoms with Crippen LogP contribution < -0.4 is 5.73 Å². The van der Waals surface area contributed by atoms with Crippen LogP contribution in [0.4, 0.5) is 0 Å². The number of nitrogens with two attached hydrogens (primary N) is 1. The SMILES string of the molecule is C[C@@H](N)C(O)Cc1ccccn1. The van der Waals surface area contributed by atoms with Gasteiger partial charge >= 0.3 is 0 Å². The largest absolute Gasteiger partial charge is 0.391 e. The Morgan fingerprint density at radius 2 is 2.33 bits per heavy atom. The van der Waals surface area contributed by atoms with E-state index in [4.69, 9.17) is 5.73 Å². The van der Waals surface area contributed by atoms with Gasteiger partial charge in [-0.3, -0.25) is 4.98 Å². The summed E-state index contributed by atoms with van der Waals surface area (Å²) in [5.74, 6) is 0. The van der Waals surface area contributed by atoms with Crippen molar-refractivity contribution in [3.8, 4) is 0 Å². The van der Waals surface area contributed by atoms with Crippen LogP contribution in [0.25, 0.3) is 0 Å². The fraction of sp³-hybridized carbons (Fsp3) is 0.444. The van der Waals surface area contributed by atoms with Crippen molar-refractivity contribution >= 4 is 0 Å². The number of rotatable bonds is 3. The van der Waals surface area contributed by atoms with Gasteiger partial charge in [0.1, 0.15) is 0 Å². The number of hydrogen-bond acceptors (Lipinski definition) is 3. The van der Waals surface area contributed by atoms with Crippen LogP contribution >= 0.6 is 0 Å². The highest BCUT2D eigenvalue weighted by atomic mass is 16.3. The standard InChI is InChI=1S/C9H14N2O/c1-7(10)9(12)6-8-4-2-3-5-11-8/h2-5,7,9,12H,6,10H2,1H3/t7-,9?/m1/s1. The predicted octanol–water partition coefficient (Wildman–Crippen LogP) is 0.332. The lowest BCUT2D eigenvalue weighted by Gasteiger charge is -2.13. The van der Waals surface area contributed by atoms with Crippen molar-refractivity contribution in [2.45, 2.75) is 25.5 Å². The van der Waals surface area contributed by atoms with Gasteiger partial charge < -0.3 is 10.8 Å². The van der Waals surface area contributed by atoms with Gasteiger partial charge in [-0.1, -0.05) is 6.07 Å². The lowest BCUT2D eigenvalue weighted by Crippen LogP contribution is -2.33. The van der Waals surface area contributed by atoms with Crippen LogP contribution in [-0.4, -0.2) is 22.2 Å². The smallest absolute Gasteiger partial charge is 0.0743 e. The van der Waals surface area contributed by atoms with Gasteiger partial charge in [0.2, 0.25) is 0 Å². The van der Waals surface area contributed by atoms with Crippen molar-refractivity contribution in [2.75, 3.05) is 0 Å². The summed E-state index contributed by atoms with van der Waals surface area (Å²) in [5, 5.41) is 9.41. The quantitative estimate of drug-likeness (QED) is 0.680. The molecule has 1 rings (SSSR count). The molecule has 3 nitrogen and oxygen atoms in total. The van der Waals surface area contributed by atoms with Crippen LogP contribution in [0.3, 0.4) is 0 Å². The van der Waals surface area contributed by atoms with Gasteiger partial charge in [0.15, 0.2) is 0 Å². The Bertz CT molecular complexity index is 223. The topological polar surface area (TPSA) is 59.1 Å². The van der Waals surface area contributed by atoms with Gasteiger partial charge in [0.25, 0.3) is 0 Å². The highest BCUT2D eigenvalue weighted by Crippen LogP contribution is 2.00. The first-order valence-corrected chi connectivity index (χ1v) is 4.03. The Labute approximate surface area is 72.2 Å². The molecule has 66 valence electrons. The average Bonchev–Trinajstić information content (AvgIpc) is 2.06. The molecule has 2 atom stereocenters. The van der Waals surface area contributed by atoms with Crippen LogP contribution in [0.15, 0.2) is 24.4 Å². The van der Waals surface area contributed by atoms with Gasteiger partial charge in [-0.05, 0) is 19.1 Å². The van der Waals surface area contributed by atoms with Crippen molar-refractivity contribution in [1.82, 2.24) is 4.98 Å². The first-order valence-electron chi connectivity index (χ1n) is 4.03. The maximum Gasteiger partial charge on any atom is 0.0743 e. The molecule has 0 saturated carbocycles. The predicted molar refractivity (Wildman–Crippen MR) is 47.6 cm³/mol. The molecule has 0 radical (unpaired) electrons. The van der Waals surface area contributed by atoms with Crippen molar-refractivity contribution in [2.24, 2.45) is 5.73 Å². The molecule has 3 heteroatoms. The highest BCUT2D eigenvalue weighted by molar-refractivity contribution is 5.04. The summed E-state index contributed by atoms with van der Waals surface area (Å²) < 4.78 is 0. The normalized spacial score (nSPS) is 15.6. The lowest BCUT2D eigenvalue weighted by atomic mass is 10.1. The van der Waals surface area contributed by atoms with Crippen LogP contribution in [0.5, 0.6) is 0 Å². The van der Waals surface area contributed by atoms with Gasteiger partial charge in [0, 0.05) is 24.4 Å². The van der Waals surface area contributed by atoms with Crippen molar-refractivity contribution in [3.05, 3.63) is 30.1 Å². The number of hydrogen-bond donors (Lipinski definition) is 2. The zero-order valence-corrected chi connectivity index (χ0v) is 7.14. The van der Waals surface area contributed by atoms with Gasteiger partial charge in [-0.25, -0.2) is 0 Å². The Balaban J connectivity index is 2.53. The number of aromatic nitrogens is 1. The molecule has 0 bridgehead atoms. The molecule has 3 N–H and O–H groups in total. The Hall–Kier alpha value is -0.930. The average molecular weight is 166 g/mol. The van der Waals surface area contributed by atoms with E-state index in [1.807, 2.05) is 18.2 Å². The molecule has 0 aliphatic rings. The number of aliphatic hydroxyl groups is 1. The van der Waals surface area contributed by atoms with E-state index in [0.29, 0.717) is 6.42 Å². The third-order valence-corrected chi connectivity index (χ3v) is 1.75. The zero-order chi connectivity index (χ0) is 8.97. The number of pyridine rings is 1. The first kappa shape index (κ1) is 9.16. The lowest BCUT2D eigenvalue weighted by molar-refractivity contribution is 0.150. The second kappa shape index (κ2) is 4.18. The molecule has 1 heterocycles. The molecular formula is C9H14N2O. The van der Waals surface area contributed by atoms with Crippen molar-refractivity contribution in [1.29, 1.82) is 0 Å². The summed E-state index contributed by atoms with van der Waals surface area (Å²) in [5.41, 5.74) is 6.38.